The third kappa shape index (κ3) is 6.34. The van der Waals surface area contributed by atoms with Gasteiger partial charge in [-0.3, -0.25) is 9.59 Å². The third-order valence-corrected chi connectivity index (χ3v) is 4.15. The van der Waals surface area contributed by atoms with Gasteiger partial charge in [0.1, 0.15) is 0 Å². The Morgan fingerprint density at radius 2 is 1.60 bits per heavy atom. The predicted octanol–water partition coefficient (Wildman–Crippen LogP) is 4.26. The van der Waals surface area contributed by atoms with Crippen molar-refractivity contribution in [1.29, 1.82) is 0 Å². The fourth-order valence-electron chi connectivity index (χ4n) is 2.55. The second kappa shape index (κ2) is 11.0. The first kappa shape index (κ1) is 22.9. The summed E-state index contributed by atoms with van der Waals surface area (Å²) < 4.78 is 16.5. The zero-order valence-electron chi connectivity index (χ0n) is 17.7. The van der Waals surface area contributed by atoms with Gasteiger partial charge in [-0.15, -0.1) is 0 Å². The standard InChI is InChI=1S/C23H27NO6/c1-5-13-29-20-12-9-18(14-21(20)28-6-2)23(27)30-16(4)22(26)24-19-10-7-17(8-11-19)15(3)25/h7-12,14,16H,5-6,13H2,1-4H3,(H,24,26)/t16-/m0/s1. The molecule has 7 heteroatoms. The van der Waals surface area contributed by atoms with Crippen molar-refractivity contribution >= 4 is 23.3 Å². The number of esters is 1. The lowest BCUT2D eigenvalue weighted by molar-refractivity contribution is -0.123. The molecule has 0 fully saturated rings. The van der Waals surface area contributed by atoms with E-state index in [1.807, 2.05) is 13.8 Å². The molecule has 1 atom stereocenters. The van der Waals surface area contributed by atoms with Crippen LogP contribution in [0, 0.1) is 0 Å². The number of hydrogen-bond donors (Lipinski definition) is 1. The summed E-state index contributed by atoms with van der Waals surface area (Å²) in [5.74, 6) is -0.190. The molecule has 2 aromatic rings. The molecule has 0 heterocycles. The van der Waals surface area contributed by atoms with Gasteiger partial charge in [-0.05, 0) is 69.7 Å². The molecule has 0 aliphatic rings. The quantitative estimate of drug-likeness (QED) is 0.462. The van der Waals surface area contributed by atoms with E-state index in [2.05, 4.69) is 5.32 Å². The minimum Gasteiger partial charge on any atom is -0.490 e. The average molecular weight is 413 g/mol. The molecule has 30 heavy (non-hydrogen) atoms. The number of ketones is 1. The fourth-order valence-corrected chi connectivity index (χ4v) is 2.55. The number of carbonyl (C=O) groups excluding carboxylic acids is 3. The van der Waals surface area contributed by atoms with Gasteiger partial charge in [-0.1, -0.05) is 6.92 Å². The number of carbonyl (C=O) groups is 3. The first-order valence-electron chi connectivity index (χ1n) is 9.88. The molecule has 160 valence electrons. The SMILES string of the molecule is CCCOc1ccc(C(=O)O[C@@H](C)C(=O)Nc2ccc(C(C)=O)cc2)cc1OCC. The highest BCUT2D eigenvalue weighted by Crippen LogP contribution is 2.29. The van der Waals surface area contributed by atoms with E-state index in [-0.39, 0.29) is 11.3 Å². The molecule has 1 amide bonds. The van der Waals surface area contributed by atoms with Crippen molar-refractivity contribution in [3.05, 3.63) is 53.6 Å². The van der Waals surface area contributed by atoms with Crippen LogP contribution in [0.1, 0.15) is 54.8 Å². The van der Waals surface area contributed by atoms with E-state index in [0.717, 1.165) is 6.42 Å². The second-order valence-corrected chi connectivity index (χ2v) is 6.61. The van der Waals surface area contributed by atoms with E-state index in [0.29, 0.717) is 36.0 Å². The van der Waals surface area contributed by atoms with Crippen LogP contribution in [-0.2, 0) is 9.53 Å². The number of Topliss-reactive ketones (excluding diaryl/α,β-unsaturated/α-hetero) is 1. The van der Waals surface area contributed by atoms with Crippen LogP contribution in [0.25, 0.3) is 0 Å². The minimum absolute atomic E-state index is 0.0623. The van der Waals surface area contributed by atoms with Gasteiger partial charge in [0.2, 0.25) is 0 Å². The molecule has 0 spiro atoms. The number of benzene rings is 2. The van der Waals surface area contributed by atoms with E-state index < -0.39 is 18.0 Å². The van der Waals surface area contributed by atoms with Crippen molar-refractivity contribution in [3.8, 4) is 11.5 Å². The Hall–Kier alpha value is -3.35. The Kier molecular flexibility index (Phi) is 8.41. The summed E-state index contributed by atoms with van der Waals surface area (Å²) in [6, 6.07) is 11.2. The molecule has 0 saturated heterocycles. The van der Waals surface area contributed by atoms with Gasteiger partial charge in [0.15, 0.2) is 23.4 Å². The Morgan fingerprint density at radius 3 is 2.20 bits per heavy atom. The second-order valence-electron chi connectivity index (χ2n) is 6.61. The van der Waals surface area contributed by atoms with Crippen molar-refractivity contribution in [2.45, 2.75) is 40.2 Å². The molecule has 0 aliphatic heterocycles. The van der Waals surface area contributed by atoms with Gasteiger partial charge in [0, 0.05) is 11.3 Å². The predicted molar refractivity (Wildman–Crippen MR) is 113 cm³/mol. The Morgan fingerprint density at radius 1 is 0.933 bits per heavy atom. The van der Waals surface area contributed by atoms with E-state index in [9.17, 15) is 14.4 Å². The maximum absolute atomic E-state index is 12.5. The summed E-state index contributed by atoms with van der Waals surface area (Å²) >= 11 is 0. The zero-order chi connectivity index (χ0) is 22.1. The molecule has 2 rings (SSSR count). The van der Waals surface area contributed by atoms with Crippen LogP contribution >= 0.6 is 0 Å². The highest BCUT2D eigenvalue weighted by molar-refractivity contribution is 5.98. The fraction of sp³-hybridized carbons (Fsp3) is 0.348. The van der Waals surface area contributed by atoms with Crippen LogP contribution in [0.4, 0.5) is 5.69 Å². The molecular formula is C23H27NO6. The molecule has 0 aliphatic carbocycles. The molecule has 0 saturated carbocycles. The number of amides is 1. The van der Waals surface area contributed by atoms with Crippen LogP contribution in [0.3, 0.4) is 0 Å². The van der Waals surface area contributed by atoms with E-state index >= 15 is 0 Å². The van der Waals surface area contributed by atoms with Crippen LogP contribution < -0.4 is 14.8 Å². The molecule has 1 N–H and O–H groups in total. The largest absolute Gasteiger partial charge is 0.490 e. The number of anilines is 1. The molecular weight excluding hydrogens is 386 g/mol. The topological polar surface area (TPSA) is 90.9 Å². The van der Waals surface area contributed by atoms with E-state index in [1.54, 1.807) is 42.5 Å². The van der Waals surface area contributed by atoms with E-state index in [4.69, 9.17) is 14.2 Å². The first-order chi connectivity index (χ1) is 14.3. The Balaban J connectivity index is 2.02. The van der Waals surface area contributed by atoms with Crippen molar-refractivity contribution in [2.75, 3.05) is 18.5 Å². The number of hydrogen-bond acceptors (Lipinski definition) is 6. The van der Waals surface area contributed by atoms with Crippen molar-refractivity contribution < 1.29 is 28.6 Å². The number of nitrogens with one attached hydrogen (secondary N) is 1. The van der Waals surface area contributed by atoms with Gasteiger partial charge in [0.25, 0.3) is 5.91 Å². The van der Waals surface area contributed by atoms with Crippen LogP contribution in [0.2, 0.25) is 0 Å². The normalized spacial score (nSPS) is 11.3. The lowest BCUT2D eigenvalue weighted by atomic mass is 10.1. The third-order valence-electron chi connectivity index (χ3n) is 4.15. The summed E-state index contributed by atoms with van der Waals surface area (Å²) in [5, 5.41) is 2.66. The Labute approximate surface area is 176 Å². The maximum atomic E-state index is 12.5. The lowest BCUT2D eigenvalue weighted by Crippen LogP contribution is -2.30. The van der Waals surface area contributed by atoms with Crippen molar-refractivity contribution in [1.82, 2.24) is 0 Å². The van der Waals surface area contributed by atoms with Crippen molar-refractivity contribution in [2.24, 2.45) is 0 Å². The van der Waals surface area contributed by atoms with Crippen LogP contribution in [-0.4, -0.2) is 37.0 Å². The maximum Gasteiger partial charge on any atom is 0.339 e. The molecule has 0 aromatic heterocycles. The molecule has 0 radical (unpaired) electrons. The summed E-state index contributed by atoms with van der Waals surface area (Å²) in [5.41, 5.74) is 1.31. The summed E-state index contributed by atoms with van der Waals surface area (Å²) in [4.78, 5) is 36.1. The Bertz CT molecular complexity index is 891. The zero-order valence-corrected chi connectivity index (χ0v) is 17.7. The average Bonchev–Trinajstić information content (AvgIpc) is 2.73. The van der Waals surface area contributed by atoms with Gasteiger partial charge in [-0.2, -0.15) is 0 Å². The van der Waals surface area contributed by atoms with Gasteiger partial charge in [0.05, 0.1) is 18.8 Å². The highest BCUT2D eigenvalue weighted by Gasteiger charge is 2.20. The van der Waals surface area contributed by atoms with E-state index in [1.165, 1.54) is 13.8 Å². The molecule has 0 unspecified atom stereocenters. The lowest BCUT2D eigenvalue weighted by Gasteiger charge is -2.15. The number of rotatable bonds is 10. The summed E-state index contributed by atoms with van der Waals surface area (Å²) in [6.07, 6.45) is -0.170. The smallest absolute Gasteiger partial charge is 0.339 e. The van der Waals surface area contributed by atoms with Gasteiger partial charge >= 0.3 is 5.97 Å². The molecule has 2 aromatic carbocycles. The van der Waals surface area contributed by atoms with Crippen molar-refractivity contribution in [3.63, 3.8) is 0 Å². The van der Waals surface area contributed by atoms with Crippen LogP contribution in [0.5, 0.6) is 11.5 Å². The van der Waals surface area contributed by atoms with Gasteiger partial charge in [-0.25, -0.2) is 4.79 Å². The first-order valence-corrected chi connectivity index (χ1v) is 9.88. The number of ether oxygens (including phenoxy) is 3. The summed E-state index contributed by atoms with van der Waals surface area (Å²) in [7, 11) is 0. The van der Waals surface area contributed by atoms with Crippen LogP contribution in [0.15, 0.2) is 42.5 Å². The van der Waals surface area contributed by atoms with Gasteiger partial charge < -0.3 is 19.5 Å². The molecule has 7 nitrogen and oxygen atoms in total. The highest BCUT2D eigenvalue weighted by atomic mass is 16.5. The molecule has 0 bridgehead atoms. The minimum atomic E-state index is -1.02. The summed E-state index contributed by atoms with van der Waals surface area (Å²) in [6.45, 7) is 7.74. The monoisotopic (exact) mass is 413 g/mol.